The van der Waals surface area contributed by atoms with Crippen LogP contribution in [0.4, 0.5) is 16.2 Å². The average Bonchev–Trinajstić information content (AvgIpc) is 2.72. The summed E-state index contributed by atoms with van der Waals surface area (Å²) in [5, 5.41) is 8.12. The number of para-hydroxylation sites is 2. The normalized spacial score (nSPS) is 11.7. The van der Waals surface area contributed by atoms with Gasteiger partial charge in [0.15, 0.2) is 6.61 Å². The minimum Gasteiger partial charge on any atom is -0.454 e. The Kier molecular flexibility index (Phi) is 8.61. The van der Waals surface area contributed by atoms with Gasteiger partial charge in [-0.1, -0.05) is 64.1 Å². The summed E-state index contributed by atoms with van der Waals surface area (Å²) in [4.78, 5) is 37.2. The van der Waals surface area contributed by atoms with Gasteiger partial charge in [0.25, 0.3) is 5.91 Å². The Morgan fingerprint density at radius 3 is 2.19 bits per heavy atom. The zero-order valence-corrected chi connectivity index (χ0v) is 18.7. The number of benzene rings is 2. The summed E-state index contributed by atoms with van der Waals surface area (Å²) in [7, 11) is 0. The Morgan fingerprint density at radius 1 is 0.903 bits per heavy atom. The van der Waals surface area contributed by atoms with Crippen molar-refractivity contribution in [2.75, 3.05) is 17.2 Å². The zero-order valence-electron chi connectivity index (χ0n) is 18.7. The number of hydrogen-bond donors (Lipinski definition) is 3. The number of nitrogens with one attached hydrogen (secondary N) is 3. The van der Waals surface area contributed by atoms with Crippen LogP contribution in [0.5, 0.6) is 0 Å². The molecule has 0 heterocycles. The largest absolute Gasteiger partial charge is 0.454 e. The molecule has 0 radical (unpaired) electrons. The van der Waals surface area contributed by atoms with Crippen molar-refractivity contribution in [3.8, 4) is 0 Å². The van der Waals surface area contributed by atoms with E-state index in [-0.39, 0.29) is 11.8 Å². The maximum Gasteiger partial charge on any atom is 0.329 e. The van der Waals surface area contributed by atoms with Crippen molar-refractivity contribution in [2.24, 2.45) is 5.92 Å². The Labute approximate surface area is 183 Å². The monoisotopic (exact) mass is 425 g/mol. The van der Waals surface area contributed by atoms with Crippen LogP contribution in [0.2, 0.25) is 0 Å². The van der Waals surface area contributed by atoms with Gasteiger partial charge in [-0.05, 0) is 42.0 Å². The van der Waals surface area contributed by atoms with E-state index in [4.69, 9.17) is 4.74 Å². The van der Waals surface area contributed by atoms with Crippen molar-refractivity contribution in [3.05, 3.63) is 59.7 Å². The second-order valence-electron chi connectivity index (χ2n) is 8.04. The van der Waals surface area contributed by atoms with Crippen LogP contribution in [0, 0.1) is 12.8 Å². The van der Waals surface area contributed by atoms with Crippen molar-refractivity contribution < 1.29 is 19.1 Å². The van der Waals surface area contributed by atoms with Crippen LogP contribution < -0.4 is 16.0 Å². The number of ether oxygens (including phenoxy) is 1. The van der Waals surface area contributed by atoms with E-state index in [0.29, 0.717) is 5.69 Å². The van der Waals surface area contributed by atoms with Crippen molar-refractivity contribution in [2.45, 2.75) is 46.6 Å². The molecule has 2 aromatic rings. The molecule has 0 aliphatic rings. The van der Waals surface area contributed by atoms with Crippen LogP contribution in [0.25, 0.3) is 0 Å². The molecule has 0 aliphatic heterocycles. The number of esters is 1. The van der Waals surface area contributed by atoms with Crippen molar-refractivity contribution in [3.63, 3.8) is 0 Å². The molecule has 2 rings (SSSR count). The molecule has 2 aromatic carbocycles. The molecule has 1 atom stereocenters. The lowest BCUT2D eigenvalue weighted by Gasteiger charge is -2.21. The predicted octanol–water partition coefficient (Wildman–Crippen LogP) is 4.45. The lowest BCUT2D eigenvalue weighted by Crippen LogP contribution is -2.47. The predicted molar refractivity (Wildman–Crippen MR) is 122 cm³/mol. The summed E-state index contributed by atoms with van der Waals surface area (Å²) in [5.41, 5.74) is 3.29. The summed E-state index contributed by atoms with van der Waals surface area (Å²) in [6, 6.07) is 13.3. The van der Waals surface area contributed by atoms with Gasteiger partial charge in [-0.15, -0.1) is 0 Å². The quantitative estimate of drug-likeness (QED) is 0.545. The van der Waals surface area contributed by atoms with E-state index in [9.17, 15) is 14.4 Å². The molecular weight excluding hydrogens is 394 g/mol. The topological polar surface area (TPSA) is 96.5 Å². The zero-order chi connectivity index (χ0) is 23.0. The molecule has 0 saturated carbocycles. The second-order valence-corrected chi connectivity index (χ2v) is 8.04. The maximum absolute atomic E-state index is 12.5. The first-order chi connectivity index (χ1) is 14.7. The Morgan fingerprint density at radius 2 is 1.58 bits per heavy atom. The third-order valence-corrected chi connectivity index (χ3v) is 4.78. The fraction of sp³-hybridized carbons (Fsp3) is 0.375. The number of carbonyl (C=O) groups is 3. The first-order valence-corrected chi connectivity index (χ1v) is 10.4. The number of anilines is 2. The first-order valence-electron chi connectivity index (χ1n) is 10.4. The summed E-state index contributed by atoms with van der Waals surface area (Å²) in [5.74, 6) is -1.08. The molecule has 0 aromatic heterocycles. The van der Waals surface area contributed by atoms with Crippen molar-refractivity contribution >= 4 is 29.3 Å². The molecule has 0 bridgehead atoms. The second kappa shape index (κ2) is 11.2. The minimum atomic E-state index is -0.888. The molecule has 0 spiro atoms. The highest BCUT2D eigenvalue weighted by atomic mass is 16.5. The molecule has 3 N–H and O–H groups in total. The summed E-state index contributed by atoms with van der Waals surface area (Å²) >= 11 is 0. The van der Waals surface area contributed by atoms with E-state index in [1.54, 1.807) is 38.1 Å². The summed E-state index contributed by atoms with van der Waals surface area (Å²) < 4.78 is 5.20. The molecule has 7 nitrogen and oxygen atoms in total. The van der Waals surface area contributed by atoms with Gasteiger partial charge in [0.2, 0.25) is 0 Å². The van der Waals surface area contributed by atoms with Gasteiger partial charge in [-0.2, -0.15) is 0 Å². The molecule has 0 fully saturated rings. The smallest absolute Gasteiger partial charge is 0.329 e. The lowest BCUT2D eigenvalue weighted by atomic mass is 9.98. The third kappa shape index (κ3) is 7.13. The molecular formula is C24H31N3O4. The standard InChI is InChI=1S/C24H31N3O4/c1-15(2)19-13-9-10-17(5)22(19)26-20(28)14-31-23(29)21(16(3)4)27-24(30)25-18-11-7-6-8-12-18/h6-13,15-16,21H,14H2,1-5H3,(H,26,28)(H2,25,27,30)/t21-/m1/s1. The maximum atomic E-state index is 12.5. The molecule has 3 amide bonds. The SMILES string of the molecule is Cc1cccc(C(C)C)c1NC(=O)COC(=O)[C@H](NC(=O)Nc1ccccc1)C(C)C. The Bertz CT molecular complexity index is 910. The van der Waals surface area contributed by atoms with Gasteiger partial charge in [-0.3, -0.25) is 4.79 Å². The number of urea groups is 1. The van der Waals surface area contributed by atoms with E-state index >= 15 is 0 Å². The van der Waals surface area contributed by atoms with Gasteiger partial charge in [0.05, 0.1) is 0 Å². The van der Waals surface area contributed by atoms with Crippen LogP contribution in [0.1, 0.15) is 44.7 Å². The van der Waals surface area contributed by atoms with Crippen LogP contribution >= 0.6 is 0 Å². The third-order valence-electron chi connectivity index (χ3n) is 4.78. The summed E-state index contributed by atoms with van der Waals surface area (Å²) in [6.45, 7) is 9.15. The number of aryl methyl sites for hydroxylation is 1. The highest BCUT2D eigenvalue weighted by molar-refractivity contribution is 5.96. The average molecular weight is 426 g/mol. The van der Waals surface area contributed by atoms with E-state index in [1.165, 1.54) is 0 Å². The highest BCUT2D eigenvalue weighted by Crippen LogP contribution is 2.27. The van der Waals surface area contributed by atoms with Gasteiger partial charge < -0.3 is 20.7 Å². The molecule has 7 heteroatoms. The number of carbonyl (C=O) groups excluding carboxylic acids is 3. The summed E-state index contributed by atoms with van der Waals surface area (Å²) in [6.07, 6.45) is 0. The van der Waals surface area contributed by atoms with Gasteiger partial charge in [0.1, 0.15) is 6.04 Å². The van der Waals surface area contributed by atoms with Crippen molar-refractivity contribution in [1.29, 1.82) is 0 Å². The fourth-order valence-electron chi connectivity index (χ4n) is 3.07. The van der Waals surface area contributed by atoms with E-state index < -0.39 is 30.6 Å². The highest BCUT2D eigenvalue weighted by Gasteiger charge is 2.26. The van der Waals surface area contributed by atoms with Crippen LogP contribution in [-0.4, -0.2) is 30.6 Å². The van der Waals surface area contributed by atoms with Crippen LogP contribution in [-0.2, 0) is 14.3 Å². The van der Waals surface area contributed by atoms with Gasteiger partial charge in [-0.25, -0.2) is 9.59 Å². The molecule has 31 heavy (non-hydrogen) atoms. The Balaban J connectivity index is 1.94. The van der Waals surface area contributed by atoms with Crippen molar-refractivity contribution in [1.82, 2.24) is 5.32 Å². The molecule has 0 saturated heterocycles. The Hall–Kier alpha value is -3.35. The van der Waals surface area contributed by atoms with Crippen LogP contribution in [0.15, 0.2) is 48.5 Å². The fourth-order valence-corrected chi connectivity index (χ4v) is 3.07. The minimum absolute atomic E-state index is 0.221. The van der Waals surface area contributed by atoms with Crippen LogP contribution in [0.3, 0.4) is 0 Å². The van der Waals surface area contributed by atoms with E-state index in [1.807, 2.05) is 45.0 Å². The first kappa shape index (κ1) is 23.9. The van der Waals surface area contributed by atoms with Gasteiger partial charge >= 0.3 is 12.0 Å². The molecule has 0 aliphatic carbocycles. The molecule has 166 valence electrons. The van der Waals surface area contributed by atoms with E-state index in [2.05, 4.69) is 16.0 Å². The lowest BCUT2D eigenvalue weighted by molar-refractivity contribution is -0.150. The van der Waals surface area contributed by atoms with E-state index in [0.717, 1.165) is 16.8 Å². The number of amides is 3. The number of rotatable bonds is 8. The number of hydrogen-bond acceptors (Lipinski definition) is 4. The van der Waals surface area contributed by atoms with Gasteiger partial charge in [0, 0.05) is 11.4 Å². The molecule has 0 unspecified atom stereocenters.